The molecule has 27 heavy (non-hydrogen) atoms. The Morgan fingerprint density at radius 3 is 2.41 bits per heavy atom. The summed E-state index contributed by atoms with van der Waals surface area (Å²) in [6.07, 6.45) is 0. The third-order valence-electron chi connectivity index (χ3n) is 3.79. The van der Waals surface area contributed by atoms with Crippen molar-refractivity contribution in [2.75, 3.05) is 6.54 Å². The molecule has 0 spiro atoms. The van der Waals surface area contributed by atoms with Crippen LogP contribution in [-0.2, 0) is 15.1 Å². The van der Waals surface area contributed by atoms with E-state index in [1.165, 1.54) is 19.1 Å². The first-order chi connectivity index (χ1) is 12.3. The lowest BCUT2D eigenvalue weighted by atomic mass is 9.92. The van der Waals surface area contributed by atoms with Crippen LogP contribution < -0.4 is 16.0 Å². The third kappa shape index (κ3) is 4.70. The van der Waals surface area contributed by atoms with E-state index in [4.69, 9.17) is 23.2 Å². The van der Waals surface area contributed by atoms with Gasteiger partial charge in [-0.3, -0.25) is 19.8 Å². The quantitative estimate of drug-likeness (QED) is 0.659. The first-order valence-electron chi connectivity index (χ1n) is 8.05. The summed E-state index contributed by atoms with van der Waals surface area (Å²) in [5.41, 5.74) is -1.65. The molecular formula is C17H20Cl2N4O4. The topological polar surface area (TPSA) is 108 Å². The lowest BCUT2D eigenvalue weighted by Gasteiger charge is -2.23. The second kappa shape index (κ2) is 7.36. The molecule has 3 N–H and O–H groups in total. The number of rotatable bonds is 3. The number of hydrogen-bond acceptors (Lipinski definition) is 4. The molecule has 1 heterocycles. The smallest absolute Gasteiger partial charge is 0.325 e. The monoisotopic (exact) mass is 414 g/mol. The molecule has 1 aromatic rings. The van der Waals surface area contributed by atoms with E-state index in [2.05, 4.69) is 16.0 Å². The first kappa shape index (κ1) is 21.0. The number of amides is 6. The number of nitrogens with one attached hydrogen (secondary N) is 3. The van der Waals surface area contributed by atoms with Gasteiger partial charge >= 0.3 is 12.1 Å². The molecule has 0 unspecified atom stereocenters. The average molecular weight is 415 g/mol. The van der Waals surface area contributed by atoms with Crippen LogP contribution in [0.15, 0.2) is 18.2 Å². The molecule has 0 aliphatic carbocycles. The molecule has 8 nitrogen and oxygen atoms in total. The summed E-state index contributed by atoms with van der Waals surface area (Å²) in [5.74, 6) is -1.46. The van der Waals surface area contributed by atoms with Crippen molar-refractivity contribution in [2.45, 2.75) is 38.8 Å². The number of halogens is 2. The Labute approximate surface area is 166 Å². The van der Waals surface area contributed by atoms with E-state index in [0.29, 0.717) is 10.6 Å². The van der Waals surface area contributed by atoms with Gasteiger partial charge in [-0.1, -0.05) is 29.3 Å². The highest BCUT2D eigenvalue weighted by atomic mass is 35.5. The molecule has 6 amide bonds. The average Bonchev–Trinajstić information content (AvgIpc) is 2.69. The highest BCUT2D eigenvalue weighted by Gasteiger charge is 2.50. The van der Waals surface area contributed by atoms with Crippen LogP contribution in [-0.4, -0.2) is 40.9 Å². The molecule has 0 radical (unpaired) electrons. The zero-order chi connectivity index (χ0) is 20.6. The van der Waals surface area contributed by atoms with Gasteiger partial charge < -0.3 is 10.6 Å². The minimum absolute atomic E-state index is 0.203. The van der Waals surface area contributed by atoms with Crippen molar-refractivity contribution in [1.29, 1.82) is 0 Å². The largest absolute Gasteiger partial charge is 0.333 e. The second-order valence-corrected chi connectivity index (χ2v) is 8.17. The lowest BCUT2D eigenvalue weighted by molar-refractivity contribution is -0.134. The SMILES string of the molecule is CC(C)(C)NC(=O)NC(=O)CN1C(=O)N[C@@](C)(c2ccc(Cl)cc2Cl)C1=O. The molecule has 1 atom stereocenters. The number of hydrogen-bond donors (Lipinski definition) is 3. The van der Waals surface area contributed by atoms with Crippen LogP contribution in [0.2, 0.25) is 10.0 Å². The second-order valence-electron chi connectivity index (χ2n) is 7.32. The number of benzene rings is 1. The van der Waals surface area contributed by atoms with E-state index >= 15 is 0 Å². The van der Waals surface area contributed by atoms with Crippen molar-refractivity contribution in [3.8, 4) is 0 Å². The van der Waals surface area contributed by atoms with Gasteiger partial charge in [-0.2, -0.15) is 0 Å². The van der Waals surface area contributed by atoms with Crippen molar-refractivity contribution in [3.63, 3.8) is 0 Å². The number of nitrogens with zero attached hydrogens (tertiary/aromatic N) is 1. The standard InChI is InChI=1S/C17H20Cl2N4O4/c1-16(2,3)21-14(26)20-12(24)8-23-13(25)17(4,22-15(23)27)10-6-5-9(18)7-11(10)19/h5-7H,8H2,1-4H3,(H,22,27)(H2,20,21,24,26)/t17-/m0/s1. The summed E-state index contributed by atoms with van der Waals surface area (Å²) in [6.45, 7) is 6.11. The molecule has 1 fully saturated rings. The van der Waals surface area contributed by atoms with Crippen LogP contribution in [0.5, 0.6) is 0 Å². The lowest BCUT2D eigenvalue weighted by Crippen LogP contribution is -2.51. The fourth-order valence-corrected chi connectivity index (χ4v) is 3.20. The van der Waals surface area contributed by atoms with E-state index in [0.717, 1.165) is 4.90 Å². The Hall–Kier alpha value is -2.32. The molecule has 0 bridgehead atoms. The molecule has 1 aliphatic rings. The van der Waals surface area contributed by atoms with Crippen molar-refractivity contribution < 1.29 is 19.2 Å². The Kier molecular flexibility index (Phi) is 5.72. The predicted molar refractivity (Wildman–Crippen MR) is 100 cm³/mol. The summed E-state index contributed by atoms with van der Waals surface area (Å²) >= 11 is 12.0. The maximum atomic E-state index is 12.8. The zero-order valence-electron chi connectivity index (χ0n) is 15.3. The van der Waals surface area contributed by atoms with E-state index in [1.807, 2.05) is 0 Å². The Bertz CT molecular complexity index is 822. The van der Waals surface area contributed by atoms with E-state index in [9.17, 15) is 19.2 Å². The van der Waals surface area contributed by atoms with Gasteiger partial charge in [0, 0.05) is 21.1 Å². The highest BCUT2D eigenvalue weighted by molar-refractivity contribution is 6.35. The normalized spacial score (nSPS) is 19.7. The van der Waals surface area contributed by atoms with Gasteiger partial charge in [0.05, 0.1) is 0 Å². The van der Waals surface area contributed by atoms with Crippen LogP contribution in [0.25, 0.3) is 0 Å². The molecule has 2 rings (SSSR count). The number of carbonyl (C=O) groups is 4. The minimum atomic E-state index is -1.45. The number of carbonyl (C=O) groups excluding carboxylic acids is 4. The molecule has 1 aliphatic heterocycles. The van der Waals surface area contributed by atoms with Crippen molar-refractivity contribution in [2.24, 2.45) is 0 Å². The van der Waals surface area contributed by atoms with Crippen molar-refractivity contribution >= 4 is 47.1 Å². The summed E-state index contributed by atoms with van der Waals surface area (Å²) in [7, 11) is 0. The molecule has 0 aromatic heterocycles. The van der Waals surface area contributed by atoms with Gasteiger partial charge in [0.15, 0.2) is 0 Å². The van der Waals surface area contributed by atoms with Crippen molar-refractivity contribution in [3.05, 3.63) is 33.8 Å². The maximum Gasteiger partial charge on any atom is 0.325 e. The Morgan fingerprint density at radius 1 is 1.22 bits per heavy atom. The van der Waals surface area contributed by atoms with E-state index < -0.39 is 41.5 Å². The van der Waals surface area contributed by atoms with Crippen LogP contribution in [0, 0.1) is 0 Å². The number of urea groups is 2. The summed E-state index contributed by atoms with van der Waals surface area (Å²) < 4.78 is 0. The van der Waals surface area contributed by atoms with Gasteiger partial charge in [-0.25, -0.2) is 9.59 Å². The van der Waals surface area contributed by atoms with E-state index in [1.54, 1.807) is 26.8 Å². The molecule has 1 saturated heterocycles. The number of imide groups is 2. The summed E-state index contributed by atoms with van der Waals surface area (Å²) in [5, 5.41) is 7.75. The molecule has 1 aromatic carbocycles. The minimum Gasteiger partial charge on any atom is -0.333 e. The molecule has 146 valence electrons. The highest BCUT2D eigenvalue weighted by Crippen LogP contribution is 2.34. The zero-order valence-corrected chi connectivity index (χ0v) is 16.8. The van der Waals surface area contributed by atoms with Crippen molar-refractivity contribution in [1.82, 2.24) is 20.9 Å². The van der Waals surface area contributed by atoms with Crippen LogP contribution >= 0.6 is 23.2 Å². The third-order valence-corrected chi connectivity index (χ3v) is 4.34. The first-order valence-corrected chi connectivity index (χ1v) is 8.81. The van der Waals surface area contributed by atoms with Gasteiger partial charge in [0.1, 0.15) is 12.1 Å². The molecule has 10 heteroatoms. The van der Waals surface area contributed by atoms with Gasteiger partial charge in [-0.15, -0.1) is 0 Å². The predicted octanol–water partition coefficient (Wildman–Crippen LogP) is 2.38. The summed E-state index contributed by atoms with van der Waals surface area (Å²) in [4.78, 5) is 49.6. The van der Waals surface area contributed by atoms with E-state index in [-0.39, 0.29) is 5.02 Å². The van der Waals surface area contributed by atoms with Crippen LogP contribution in [0.1, 0.15) is 33.3 Å². The fourth-order valence-electron chi connectivity index (χ4n) is 2.60. The van der Waals surface area contributed by atoms with Gasteiger partial charge in [0.2, 0.25) is 5.91 Å². The van der Waals surface area contributed by atoms with Gasteiger partial charge in [-0.05, 0) is 39.8 Å². The molecular weight excluding hydrogens is 395 g/mol. The van der Waals surface area contributed by atoms with Crippen LogP contribution in [0.3, 0.4) is 0 Å². The summed E-state index contributed by atoms with van der Waals surface area (Å²) in [6, 6.07) is 3.04. The molecule has 0 saturated carbocycles. The maximum absolute atomic E-state index is 12.8. The Balaban J connectivity index is 2.14. The van der Waals surface area contributed by atoms with Gasteiger partial charge in [0.25, 0.3) is 5.91 Å². The van der Waals surface area contributed by atoms with Crippen LogP contribution in [0.4, 0.5) is 9.59 Å². The fraction of sp³-hybridized carbons (Fsp3) is 0.412. The Morgan fingerprint density at radius 2 is 1.85 bits per heavy atom.